The Kier molecular flexibility index (Phi) is 6.29. The number of thioether (sulfide) groups is 1. The van der Waals surface area contributed by atoms with Crippen molar-refractivity contribution in [2.75, 3.05) is 18.9 Å². The Balaban J connectivity index is 2.71. The summed E-state index contributed by atoms with van der Waals surface area (Å²) in [7, 11) is 0. The predicted molar refractivity (Wildman–Crippen MR) is 80.5 cm³/mol. The fourth-order valence-electron chi connectivity index (χ4n) is 1.43. The third-order valence-electron chi connectivity index (χ3n) is 2.39. The van der Waals surface area contributed by atoms with E-state index in [9.17, 15) is 4.79 Å². The van der Waals surface area contributed by atoms with E-state index in [1.165, 1.54) is 11.8 Å². The molecule has 0 aromatic heterocycles. The van der Waals surface area contributed by atoms with Crippen LogP contribution >= 0.6 is 11.8 Å². The van der Waals surface area contributed by atoms with Gasteiger partial charge in [-0.3, -0.25) is 4.79 Å². The van der Waals surface area contributed by atoms with Crippen LogP contribution in [0.25, 0.3) is 0 Å². The Morgan fingerprint density at radius 2 is 2.37 bits per heavy atom. The standard InChI is InChI=1S/C14H20N2O2S/c1-4-8-16-14(17)10(3)19-13-9-11(18-5-2)6-7-12(13)15/h4,6-7,9-10H,1,5,8,15H2,2-3H3,(H,16,17). The van der Waals surface area contributed by atoms with Crippen LogP contribution in [0.4, 0.5) is 5.69 Å². The van der Waals surface area contributed by atoms with Crippen molar-refractivity contribution in [1.29, 1.82) is 0 Å². The Bertz CT molecular complexity index is 449. The van der Waals surface area contributed by atoms with Crippen LogP contribution in [0.15, 0.2) is 35.7 Å². The summed E-state index contributed by atoms with van der Waals surface area (Å²) in [6, 6.07) is 5.48. The maximum Gasteiger partial charge on any atom is 0.233 e. The topological polar surface area (TPSA) is 64.3 Å². The molecule has 4 nitrogen and oxygen atoms in total. The van der Waals surface area contributed by atoms with Crippen molar-refractivity contribution in [1.82, 2.24) is 5.32 Å². The Hall–Kier alpha value is -1.62. The first kappa shape index (κ1) is 15.4. The molecule has 0 bridgehead atoms. The molecule has 1 amide bonds. The van der Waals surface area contributed by atoms with Gasteiger partial charge in [0.25, 0.3) is 0 Å². The van der Waals surface area contributed by atoms with Crippen LogP contribution < -0.4 is 15.8 Å². The Morgan fingerprint density at radius 3 is 3.00 bits per heavy atom. The number of benzene rings is 1. The van der Waals surface area contributed by atoms with E-state index in [1.54, 1.807) is 12.1 Å². The number of rotatable bonds is 7. The minimum absolute atomic E-state index is 0.0360. The minimum Gasteiger partial charge on any atom is -0.494 e. The summed E-state index contributed by atoms with van der Waals surface area (Å²) in [4.78, 5) is 12.6. The van der Waals surface area contributed by atoms with Gasteiger partial charge >= 0.3 is 0 Å². The number of hydrogen-bond donors (Lipinski definition) is 2. The first-order chi connectivity index (χ1) is 9.08. The fraction of sp³-hybridized carbons (Fsp3) is 0.357. The third kappa shape index (κ3) is 4.87. The number of nitrogens with two attached hydrogens (primary N) is 1. The second-order valence-electron chi connectivity index (χ2n) is 3.93. The highest BCUT2D eigenvalue weighted by Gasteiger charge is 2.15. The lowest BCUT2D eigenvalue weighted by atomic mass is 10.3. The molecule has 0 aliphatic carbocycles. The van der Waals surface area contributed by atoms with E-state index in [1.807, 2.05) is 26.0 Å². The fourth-order valence-corrected chi connectivity index (χ4v) is 2.39. The van der Waals surface area contributed by atoms with Crippen LogP contribution in [0.1, 0.15) is 13.8 Å². The molecule has 0 fully saturated rings. The van der Waals surface area contributed by atoms with Crippen molar-refractivity contribution in [3.05, 3.63) is 30.9 Å². The zero-order valence-electron chi connectivity index (χ0n) is 11.3. The van der Waals surface area contributed by atoms with Gasteiger partial charge in [-0.2, -0.15) is 0 Å². The smallest absolute Gasteiger partial charge is 0.233 e. The molecule has 0 aliphatic rings. The van der Waals surface area contributed by atoms with E-state index in [0.717, 1.165) is 10.6 Å². The molecule has 0 spiro atoms. The average molecular weight is 280 g/mol. The number of amides is 1. The number of nitrogen functional groups attached to an aromatic ring is 1. The molecule has 5 heteroatoms. The summed E-state index contributed by atoms with van der Waals surface area (Å²) in [5.74, 6) is 0.726. The van der Waals surface area contributed by atoms with Crippen molar-refractivity contribution in [3.8, 4) is 5.75 Å². The molecule has 3 N–H and O–H groups in total. The summed E-state index contributed by atoms with van der Waals surface area (Å²) < 4.78 is 5.43. The maximum absolute atomic E-state index is 11.8. The van der Waals surface area contributed by atoms with Crippen molar-refractivity contribution in [2.24, 2.45) is 0 Å². The number of hydrogen-bond acceptors (Lipinski definition) is 4. The first-order valence-electron chi connectivity index (χ1n) is 6.16. The average Bonchev–Trinajstić information content (AvgIpc) is 2.40. The first-order valence-corrected chi connectivity index (χ1v) is 7.04. The van der Waals surface area contributed by atoms with Gasteiger partial charge in [-0.15, -0.1) is 18.3 Å². The van der Waals surface area contributed by atoms with Crippen molar-refractivity contribution in [3.63, 3.8) is 0 Å². The molecular formula is C14H20N2O2S. The lowest BCUT2D eigenvalue weighted by Crippen LogP contribution is -2.30. The van der Waals surface area contributed by atoms with Crippen LogP contribution in [0.3, 0.4) is 0 Å². The van der Waals surface area contributed by atoms with Gasteiger partial charge in [0.15, 0.2) is 0 Å². The zero-order chi connectivity index (χ0) is 14.3. The molecule has 0 radical (unpaired) electrons. The van der Waals surface area contributed by atoms with Crippen molar-refractivity contribution in [2.45, 2.75) is 24.0 Å². The third-order valence-corrected chi connectivity index (χ3v) is 3.56. The molecule has 19 heavy (non-hydrogen) atoms. The van der Waals surface area contributed by atoms with Gasteiger partial charge in [-0.25, -0.2) is 0 Å². The lowest BCUT2D eigenvalue weighted by molar-refractivity contribution is -0.120. The normalized spacial score (nSPS) is 11.7. The summed E-state index contributed by atoms with van der Waals surface area (Å²) in [5.41, 5.74) is 6.56. The van der Waals surface area contributed by atoms with E-state index in [2.05, 4.69) is 11.9 Å². The summed E-state index contributed by atoms with van der Waals surface area (Å²) in [6.45, 7) is 8.40. The number of carbonyl (C=O) groups is 1. The van der Waals surface area contributed by atoms with Crippen LogP contribution in [0.2, 0.25) is 0 Å². The molecule has 1 unspecified atom stereocenters. The minimum atomic E-state index is -0.223. The van der Waals surface area contributed by atoms with Gasteiger partial charge in [0.05, 0.1) is 11.9 Å². The van der Waals surface area contributed by atoms with Gasteiger partial charge in [0, 0.05) is 17.1 Å². The molecule has 1 aromatic carbocycles. The quantitative estimate of drug-likeness (QED) is 0.457. The molecule has 0 aliphatic heterocycles. The van der Waals surface area contributed by atoms with Crippen molar-refractivity contribution >= 4 is 23.4 Å². The maximum atomic E-state index is 11.8. The molecule has 0 saturated carbocycles. The Labute approximate surface area is 118 Å². The number of anilines is 1. The number of carbonyl (C=O) groups excluding carboxylic acids is 1. The molecule has 1 atom stereocenters. The summed E-state index contributed by atoms with van der Waals surface area (Å²) in [5, 5.41) is 2.54. The van der Waals surface area contributed by atoms with Crippen LogP contribution in [0.5, 0.6) is 5.75 Å². The van der Waals surface area contributed by atoms with E-state index >= 15 is 0 Å². The number of nitrogens with one attached hydrogen (secondary N) is 1. The van der Waals surface area contributed by atoms with Crippen LogP contribution in [-0.2, 0) is 4.79 Å². The highest BCUT2D eigenvalue weighted by molar-refractivity contribution is 8.00. The van der Waals surface area contributed by atoms with Gasteiger partial charge in [0.2, 0.25) is 5.91 Å². The molecule has 0 saturated heterocycles. The molecule has 1 aromatic rings. The number of ether oxygens (including phenoxy) is 1. The molecule has 0 heterocycles. The van der Waals surface area contributed by atoms with Gasteiger partial charge < -0.3 is 15.8 Å². The van der Waals surface area contributed by atoms with Crippen LogP contribution in [-0.4, -0.2) is 24.3 Å². The van der Waals surface area contributed by atoms with E-state index in [0.29, 0.717) is 18.8 Å². The second-order valence-corrected chi connectivity index (χ2v) is 5.31. The SMILES string of the molecule is C=CCNC(=O)C(C)Sc1cc(OCC)ccc1N. The van der Waals surface area contributed by atoms with E-state index in [-0.39, 0.29) is 11.2 Å². The second kappa shape index (κ2) is 7.74. The molecular weight excluding hydrogens is 260 g/mol. The Morgan fingerprint density at radius 1 is 1.63 bits per heavy atom. The van der Waals surface area contributed by atoms with Gasteiger partial charge in [-0.1, -0.05) is 6.08 Å². The van der Waals surface area contributed by atoms with Gasteiger partial charge in [-0.05, 0) is 32.0 Å². The lowest BCUT2D eigenvalue weighted by Gasteiger charge is -2.13. The summed E-state index contributed by atoms with van der Waals surface area (Å²) in [6.07, 6.45) is 1.65. The molecule has 1 rings (SSSR count). The molecule has 104 valence electrons. The van der Waals surface area contributed by atoms with Gasteiger partial charge in [0.1, 0.15) is 5.75 Å². The highest BCUT2D eigenvalue weighted by atomic mass is 32.2. The largest absolute Gasteiger partial charge is 0.494 e. The van der Waals surface area contributed by atoms with E-state index < -0.39 is 0 Å². The predicted octanol–water partition coefficient (Wildman–Crippen LogP) is 2.45. The highest BCUT2D eigenvalue weighted by Crippen LogP contribution is 2.32. The van der Waals surface area contributed by atoms with Crippen molar-refractivity contribution < 1.29 is 9.53 Å². The zero-order valence-corrected chi connectivity index (χ0v) is 12.1. The van der Waals surface area contributed by atoms with Crippen LogP contribution in [0, 0.1) is 0 Å². The van der Waals surface area contributed by atoms with E-state index in [4.69, 9.17) is 10.5 Å². The summed E-state index contributed by atoms with van der Waals surface area (Å²) >= 11 is 1.42. The monoisotopic (exact) mass is 280 g/mol.